The molecule has 136 valence electrons. The maximum Gasteiger partial charge on any atom is 0.341 e. The predicted octanol–water partition coefficient (Wildman–Crippen LogP) is 3.74. The van der Waals surface area contributed by atoms with Crippen LogP contribution in [0.3, 0.4) is 0 Å². The lowest BCUT2D eigenvalue weighted by Crippen LogP contribution is -2.25. The topological polar surface area (TPSA) is 75.5 Å². The van der Waals surface area contributed by atoms with Crippen LogP contribution < -0.4 is 0 Å². The van der Waals surface area contributed by atoms with Crippen molar-refractivity contribution in [1.82, 2.24) is 9.88 Å². The predicted molar refractivity (Wildman–Crippen MR) is 98.4 cm³/mol. The number of ether oxygens (including phenoxy) is 1. The molecule has 0 aliphatic heterocycles. The molecule has 2 aromatic heterocycles. The van der Waals surface area contributed by atoms with Crippen LogP contribution in [0.25, 0.3) is 10.9 Å². The highest BCUT2D eigenvalue weighted by Crippen LogP contribution is 2.23. The number of hydrogen-bond donors (Lipinski definition) is 1. The number of aryl methyl sites for hydroxylation is 3. The molecule has 6 nitrogen and oxygen atoms in total. The summed E-state index contributed by atoms with van der Waals surface area (Å²) in [5.74, 6) is 0.454. The fourth-order valence-corrected chi connectivity index (χ4v) is 3.05. The van der Waals surface area contributed by atoms with Gasteiger partial charge in [0, 0.05) is 29.2 Å². The summed E-state index contributed by atoms with van der Waals surface area (Å²) in [5.41, 5.74) is 4.24. The van der Waals surface area contributed by atoms with Gasteiger partial charge in [0.15, 0.2) is 0 Å². The smallest absolute Gasteiger partial charge is 0.341 e. The Morgan fingerprint density at radius 2 is 1.92 bits per heavy atom. The van der Waals surface area contributed by atoms with E-state index in [2.05, 4.69) is 4.98 Å². The molecule has 0 saturated carbocycles. The van der Waals surface area contributed by atoms with Gasteiger partial charge in [-0.15, -0.1) is 0 Å². The Morgan fingerprint density at radius 1 is 1.19 bits per heavy atom. The van der Waals surface area contributed by atoms with Crippen LogP contribution in [0.2, 0.25) is 0 Å². The Hall–Kier alpha value is -3.02. The minimum absolute atomic E-state index is 0.112. The molecule has 1 N–H and O–H groups in total. The van der Waals surface area contributed by atoms with Crippen molar-refractivity contribution >= 4 is 22.8 Å². The third-order valence-electron chi connectivity index (χ3n) is 4.67. The second-order valence-electron chi connectivity index (χ2n) is 6.47. The molecule has 0 fully saturated rings. The first-order chi connectivity index (χ1) is 12.3. The lowest BCUT2D eigenvalue weighted by Gasteiger charge is -2.16. The van der Waals surface area contributed by atoms with Crippen molar-refractivity contribution in [2.75, 3.05) is 14.2 Å². The zero-order chi connectivity index (χ0) is 19.0. The summed E-state index contributed by atoms with van der Waals surface area (Å²) in [6, 6.07) is 7.25. The number of nitrogens with one attached hydrogen (secondary N) is 1. The Bertz CT molecular complexity index is 997. The standard InChI is InChI=1S/C20H22N2O4/c1-11-12(2)21-18-7-6-14(8-16(11)18)19(23)22(4)10-15-9-17(13(3)26-15)20(24)25-5/h6-9,21H,10H2,1-5H3. The molecule has 0 bridgehead atoms. The molecule has 1 aromatic carbocycles. The van der Waals surface area contributed by atoms with Crippen molar-refractivity contribution in [1.29, 1.82) is 0 Å². The Kier molecular flexibility index (Phi) is 4.59. The van der Waals surface area contributed by atoms with Crippen LogP contribution in [0.5, 0.6) is 0 Å². The van der Waals surface area contributed by atoms with Crippen LogP contribution in [0.4, 0.5) is 0 Å². The van der Waals surface area contributed by atoms with Gasteiger partial charge in [-0.1, -0.05) is 0 Å². The number of fused-ring (bicyclic) bond motifs is 1. The minimum atomic E-state index is -0.449. The number of methoxy groups -OCH3 is 1. The maximum absolute atomic E-state index is 12.8. The van der Waals surface area contributed by atoms with E-state index in [1.165, 1.54) is 7.11 Å². The van der Waals surface area contributed by atoms with Crippen molar-refractivity contribution in [2.45, 2.75) is 27.3 Å². The monoisotopic (exact) mass is 354 g/mol. The summed E-state index contributed by atoms with van der Waals surface area (Å²) in [7, 11) is 3.03. The highest BCUT2D eigenvalue weighted by molar-refractivity contribution is 5.99. The van der Waals surface area contributed by atoms with E-state index >= 15 is 0 Å². The van der Waals surface area contributed by atoms with Gasteiger partial charge in [-0.2, -0.15) is 0 Å². The molecule has 0 atom stereocenters. The summed E-state index contributed by atoms with van der Waals surface area (Å²) in [6.07, 6.45) is 0. The van der Waals surface area contributed by atoms with Crippen LogP contribution in [-0.2, 0) is 11.3 Å². The molecular formula is C20H22N2O4. The summed E-state index contributed by atoms with van der Waals surface area (Å²) in [6.45, 7) is 6.01. The van der Waals surface area contributed by atoms with E-state index in [0.29, 0.717) is 22.6 Å². The van der Waals surface area contributed by atoms with Crippen molar-refractivity contribution < 1.29 is 18.7 Å². The molecule has 0 spiro atoms. The van der Waals surface area contributed by atoms with E-state index < -0.39 is 5.97 Å². The van der Waals surface area contributed by atoms with Crippen LogP contribution in [-0.4, -0.2) is 35.9 Å². The number of aromatic nitrogens is 1. The number of carbonyl (C=O) groups excluding carboxylic acids is 2. The average molecular weight is 354 g/mol. The number of H-pyrrole nitrogens is 1. The first kappa shape index (κ1) is 17.8. The van der Waals surface area contributed by atoms with E-state index in [0.717, 1.165) is 22.2 Å². The van der Waals surface area contributed by atoms with E-state index in [9.17, 15) is 9.59 Å². The SMILES string of the molecule is COC(=O)c1cc(CN(C)C(=O)c2ccc3[nH]c(C)c(C)c3c2)oc1C. The second kappa shape index (κ2) is 6.71. The second-order valence-corrected chi connectivity index (χ2v) is 6.47. The summed E-state index contributed by atoms with van der Waals surface area (Å²) >= 11 is 0. The summed E-state index contributed by atoms with van der Waals surface area (Å²) < 4.78 is 10.3. The fourth-order valence-electron chi connectivity index (χ4n) is 3.05. The molecule has 0 saturated heterocycles. The van der Waals surface area contributed by atoms with Gasteiger partial charge in [0.25, 0.3) is 5.91 Å². The van der Waals surface area contributed by atoms with Crippen LogP contribution in [0.15, 0.2) is 28.7 Å². The lowest BCUT2D eigenvalue weighted by molar-refractivity contribution is 0.0598. The molecule has 3 rings (SSSR count). The Balaban J connectivity index is 1.82. The zero-order valence-electron chi connectivity index (χ0n) is 15.6. The fraction of sp³-hybridized carbons (Fsp3) is 0.300. The van der Waals surface area contributed by atoms with Crippen molar-refractivity contribution in [2.24, 2.45) is 0 Å². The molecule has 0 unspecified atom stereocenters. The summed E-state index contributed by atoms with van der Waals surface area (Å²) in [5, 5.41) is 1.04. The average Bonchev–Trinajstić information content (AvgIpc) is 3.13. The molecule has 26 heavy (non-hydrogen) atoms. The number of amides is 1. The number of esters is 1. The number of furan rings is 1. The van der Waals surface area contributed by atoms with Crippen LogP contribution >= 0.6 is 0 Å². The molecule has 3 aromatic rings. The van der Waals surface area contributed by atoms with Crippen molar-refractivity contribution in [3.05, 3.63) is 58.2 Å². The van der Waals surface area contributed by atoms with E-state index in [1.807, 2.05) is 32.0 Å². The Labute approximate surface area is 151 Å². The normalized spacial score (nSPS) is 11.0. The molecule has 6 heteroatoms. The van der Waals surface area contributed by atoms with E-state index in [-0.39, 0.29) is 12.5 Å². The number of aromatic amines is 1. The van der Waals surface area contributed by atoms with Gasteiger partial charge in [-0.05, 0) is 50.6 Å². The van der Waals surface area contributed by atoms with Crippen LogP contribution in [0, 0.1) is 20.8 Å². The quantitative estimate of drug-likeness (QED) is 0.724. The molecule has 0 aliphatic carbocycles. The molecule has 2 heterocycles. The number of carbonyl (C=O) groups is 2. The highest BCUT2D eigenvalue weighted by atomic mass is 16.5. The van der Waals surface area contributed by atoms with Gasteiger partial charge >= 0.3 is 5.97 Å². The van der Waals surface area contributed by atoms with Gasteiger partial charge in [-0.25, -0.2) is 4.79 Å². The summed E-state index contributed by atoms with van der Waals surface area (Å²) in [4.78, 5) is 29.3. The largest absolute Gasteiger partial charge is 0.465 e. The number of rotatable bonds is 4. The number of benzene rings is 1. The van der Waals surface area contributed by atoms with Crippen molar-refractivity contribution in [3.8, 4) is 0 Å². The third-order valence-corrected chi connectivity index (χ3v) is 4.67. The van der Waals surface area contributed by atoms with Gasteiger partial charge < -0.3 is 19.0 Å². The molecule has 0 aliphatic rings. The lowest BCUT2D eigenvalue weighted by atomic mass is 10.1. The van der Waals surface area contributed by atoms with Gasteiger partial charge in [-0.3, -0.25) is 4.79 Å². The first-order valence-electron chi connectivity index (χ1n) is 8.33. The molecule has 0 radical (unpaired) electrons. The first-order valence-corrected chi connectivity index (χ1v) is 8.33. The van der Waals surface area contributed by atoms with Gasteiger partial charge in [0.1, 0.15) is 17.1 Å². The third kappa shape index (κ3) is 3.10. The molecule has 1 amide bonds. The molecular weight excluding hydrogens is 332 g/mol. The van der Waals surface area contributed by atoms with Gasteiger partial charge in [0.05, 0.1) is 13.7 Å². The number of hydrogen-bond acceptors (Lipinski definition) is 4. The number of nitrogens with zero attached hydrogens (tertiary/aromatic N) is 1. The maximum atomic E-state index is 12.8. The highest BCUT2D eigenvalue weighted by Gasteiger charge is 2.19. The van der Waals surface area contributed by atoms with Crippen molar-refractivity contribution in [3.63, 3.8) is 0 Å². The van der Waals surface area contributed by atoms with Gasteiger partial charge in [0.2, 0.25) is 0 Å². The van der Waals surface area contributed by atoms with E-state index in [4.69, 9.17) is 9.15 Å². The minimum Gasteiger partial charge on any atom is -0.465 e. The van der Waals surface area contributed by atoms with E-state index in [1.54, 1.807) is 24.9 Å². The Morgan fingerprint density at radius 3 is 2.62 bits per heavy atom. The van der Waals surface area contributed by atoms with Crippen LogP contribution in [0.1, 0.15) is 43.5 Å². The zero-order valence-corrected chi connectivity index (χ0v) is 15.6.